The lowest BCUT2D eigenvalue weighted by Crippen LogP contribution is -2.42. The fourth-order valence-electron chi connectivity index (χ4n) is 2.88. The molecule has 2 atom stereocenters. The molecule has 1 aromatic rings. The van der Waals surface area contributed by atoms with E-state index < -0.39 is 40.9 Å². The van der Waals surface area contributed by atoms with Gasteiger partial charge < -0.3 is 24.6 Å². The number of carboxylic acid groups (broad SMARTS) is 1. The minimum absolute atomic E-state index is 0.0312. The lowest BCUT2D eigenvalue weighted by Gasteiger charge is -2.22. The number of carbonyl (C=O) groups excluding carboxylic acids is 3. The second kappa shape index (κ2) is 12.5. The molecule has 0 heterocycles. The first-order chi connectivity index (χ1) is 16.7. The molecule has 1 unspecified atom stereocenters. The van der Waals surface area contributed by atoms with Crippen LogP contribution in [0.2, 0.25) is 0 Å². The third-order valence-electron chi connectivity index (χ3n) is 5.04. The Balaban J connectivity index is 3.06. The van der Waals surface area contributed by atoms with Crippen molar-refractivity contribution in [1.29, 1.82) is 0 Å². The molecular weight excluding hydrogens is 478 g/mol. The van der Waals surface area contributed by atoms with Crippen molar-refractivity contribution in [2.75, 3.05) is 6.54 Å². The average molecular weight is 522 g/mol. The Kier molecular flexibility index (Phi) is 10.9. The highest BCUT2D eigenvalue weighted by atomic mass is 16.6. The molecule has 0 fully saturated rings. The molecule has 0 aliphatic rings. The molecule has 0 aliphatic heterocycles. The lowest BCUT2D eigenvalue weighted by atomic mass is 9.92. The number of hydrogen-bond donors (Lipinski definition) is 2. The Morgan fingerprint density at radius 2 is 1.38 bits per heavy atom. The summed E-state index contributed by atoms with van der Waals surface area (Å²) in [5.41, 5.74) is -1.26. The highest BCUT2D eigenvalue weighted by Crippen LogP contribution is 2.33. The fraction of sp³-hybridized carbons (Fsp3) is 0.643. The van der Waals surface area contributed by atoms with Crippen LogP contribution in [0.15, 0.2) is 18.2 Å². The van der Waals surface area contributed by atoms with Gasteiger partial charge in [0.15, 0.2) is 11.5 Å². The van der Waals surface area contributed by atoms with Gasteiger partial charge in [0, 0.05) is 6.54 Å². The van der Waals surface area contributed by atoms with Gasteiger partial charge in [0.05, 0.1) is 17.3 Å². The molecule has 0 spiro atoms. The minimum Gasteiger partial charge on any atom is -0.480 e. The molecule has 9 nitrogen and oxygen atoms in total. The summed E-state index contributed by atoms with van der Waals surface area (Å²) in [6.45, 7) is 17.8. The molecule has 0 aromatic heterocycles. The number of aliphatic carboxylic acids is 1. The molecular formula is C28H43NO8. The Labute approximate surface area is 220 Å². The van der Waals surface area contributed by atoms with Crippen molar-refractivity contribution in [1.82, 2.24) is 5.32 Å². The van der Waals surface area contributed by atoms with Crippen LogP contribution in [0.25, 0.3) is 0 Å². The number of rotatable bonds is 10. The van der Waals surface area contributed by atoms with Gasteiger partial charge in [0.2, 0.25) is 0 Å². The van der Waals surface area contributed by atoms with E-state index in [0.29, 0.717) is 5.56 Å². The van der Waals surface area contributed by atoms with Crippen molar-refractivity contribution >= 4 is 23.9 Å². The van der Waals surface area contributed by atoms with Crippen molar-refractivity contribution in [3.63, 3.8) is 0 Å². The number of carbonyl (C=O) groups is 4. The number of nitrogens with one attached hydrogen (secondary N) is 1. The molecule has 0 saturated carbocycles. The highest BCUT2D eigenvalue weighted by molar-refractivity contribution is 5.81. The van der Waals surface area contributed by atoms with Gasteiger partial charge in [-0.2, -0.15) is 0 Å². The van der Waals surface area contributed by atoms with Gasteiger partial charge in [-0.05, 0) is 78.0 Å². The van der Waals surface area contributed by atoms with Crippen LogP contribution in [-0.2, 0) is 30.3 Å². The van der Waals surface area contributed by atoms with Crippen LogP contribution < -0.4 is 14.8 Å². The molecule has 208 valence electrons. The number of carboxylic acids is 1. The largest absolute Gasteiger partial charge is 0.480 e. The summed E-state index contributed by atoms with van der Waals surface area (Å²) in [6, 6.07) is 3.60. The predicted molar refractivity (Wildman–Crippen MR) is 139 cm³/mol. The van der Waals surface area contributed by atoms with E-state index in [-0.39, 0.29) is 42.3 Å². The van der Waals surface area contributed by atoms with Crippen LogP contribution in [0.5, 0.6) is 11.5 Å². The van der Waals surface area contributed by atoms with E-state index in [1.807, 2.05) is 20.8 Å². The van der Waals surface area contributed by atoms with E-state index in [4.69, 9.17) is 14.2 Å². The lowest BCUT2D eigenvalue weighted by molar-refractivity contribution is -0.150. The van der Waals surface area contributed by atoms with Crippen LogP contribution in [0.1, 0.15) is 81.2 Å². The van der Waals surface area contributed by atoms with Crippen molar-refractivity contribution in [3.8, 4) is 11.5 Å². The molecule has 0 amide bonds. The molecule has 0 radical (unpaired) electrons. The molecule has 1 aromatic carbocycles. The summed E-state index contributed by atoms with van der Waals surface area (Å²) >= 11 is 0. The van der Waals surface area contributed by atoms with Crippen LogP contribution in [0, 0.1) is 16.2 Å². The zero-order chi connectivity index (χ0) is 28.8. The van der Waals surface area contributed by atoms with Crippen LogP contribution in [-0.4, -0.2) is 47.7 Å². The van der Waals surface area contributed by atoms with Gasteiger partial charge in [-0.3, -0.25) is 19.2 Å². The minimum atomic E-state index is -1.09. The SMILES string of the molecule is CC(CN[C@@H](Cc1ccc(OC(=O)C(C)(C)C)c(OC(=O)C(C)(C)C)c1)C(=O)O)OC(=O)CC(C)(C)C. The smallest absolute Gasteiger partial charge is 0.321 e. The third-order valence-corrected chi connectivity index (χ3v) is 5.04. The van der Waals surface area contributed by atoms with E-state index in [9.17, 15) is 24.3 Å². The van der Waals surface area contributed by atoms with E-state index >= 15 is 0 Å². The summed E-state index contributed by atoms with van der Waals surface area (Å²) in [5, 5.41) is 12.7. The molecule has 2 N–H and O–H groups in total. The number of hydrogen-bond acceptors (Lipinski definition) is 8. The second-order valence-corrected chi connectivity index (χ2v) is 12.6. The van der Waals surface area contributed by atoms with Crippen molar-refractivity contribution in [2.45, 2.75) is 94.2 Å². The zero-order valence-electron chi connectivity index (χ0n) is 23.8. The van der Waals surface area contributed by atoms with Gasteiger partial charge in [0.1, 0.15) is 12.1 Å². The fourth-order valence-corrected chi connectivity index (χ4v) is 2.88. The third kappa shape index (κ3) is 11.8. The molecule has 0 bridgehead atoms. The average Bonchev–Trinajstić information content (AvgIpc) is 2.69. The molecule has 0 aliphatic carbocycles. The Morgan fingerprint density at radius 1 is 0.865 bits per heavy atom. The zero-order valence-corrected chi connectivity index (χ0v) is 23.8. The molecule has 37 heavy (non-hydrogen) atoms. The summed E-state index contributed by atoms with van der Waals surface area (Å²) in [6.07, 6.45) is -0.229. The quantitative estimate of drug-likeness (QED) is 0.337. The Morgan fingerprint density at radius 3 is 1.84 bits per heavy atom. The van der Waals surface area contributed by atoms with Crippen molar-refractivity contribution < 1.29 is 38.5 Å². The number of ether oxygens (including phenoxy) is 3. The van der Waals surface area contributed by atoms with Crippen LogP contribution in [0.4, 0.5) is 0 Å². The summed E-state index contributed by atoms with van der Waals surface area (Å²) in [7, 11) is 0. The molecule has 1 rings (SSSR count). The molecule has 0 saturated heterocycles. The van der Waals surface area contributed by atoms with E-state index in [1.165, 1.54) is 12.1 Å². The maximum Gasteiger partial charge on any atom is 0.321 e. The van der Waals surface area contributed by atoms with Crippen molar-refractivity contribution in [3.05, 3.63) is 23.8 Å². The second-order valence-electron chi connectivity index (χ2n) is 12.6. The normalized spacial score (nSPS) is 13.9. The maximum atomic E-state index is 12.6. The van der Waals surface area contributed by atoms with Gasteiger partial charge in [0.25, 0.3) is 0 Å². The highest BCUT2D eigenvalue weighted by Gasteiger charge is 2.29. The van der Waals surface area contributed by atoms with Crippen LogP contribution in [0.3, 0.4) is 0 Å². The van der Waals surface area contributed by atoms with Gasteiger partial charge >= 0.3 is 23.9 Å². The Hall–Kier alpha value is -2.94. The predicted octanol–water partition coefficient (Wildman–Crippen LogP) is 4.54. The first-order valence-electron chi connectivity index (χ1n) is 12.4. The van der Waals surface area contributed by atoms with Gasteiger partial charge in [-0.1, -0.05) is 26.8 Å². The summed E-state index contributed by atoms with van der Waals surface area (Å²) in [4.78, 5) is 49.0. The number of esters is 3. The van der Waals surface area contributed by atoms with Gasteiger partial charge in [-0.25, -0.2) is 0 Å². The Bertz CT molecular complexity index is 979. The number of benzene rings is 1. The monoisotopic (exact) mass is 521 g/mol. The summed E-state index contributed by atoms with van der Waals surface area (Å²) < 4.78 is 16.4. The van der Waals surface area contributed by atoms with E-state index in [0.717, 1.165) is 0 Å². The van der Waals surface area contributed by atoms with Crippen molar-refractivity contribution in [2.24, 2.45) is 16.2 Å². The van der Waals surface area contributed by atoms with Crippen LogP contribution >= 0.6 is 0 Å². The first kappa shape index (κ1) is 32.1. The first-order valence-corrected chi connectivity index (χ1v) is 12.4. The van der Waals surface area contributed by atoms with E-state index in [1.54, 1.807) is 54.5 Å². The van der Waals surface area contributed by atoms with Gasteiger partial charge in [-0.15, -0.1) is 0 Å². The standard InChI is InChI=1S/C28H43NO8/c1-17(35-22(30)15-26(2,3)4)16-29-19(23(31)32)13-18-11-12-20(36-24(33)27(5,6)7)21(14-18)37-25(34)28(8,9)10/h11-12,14,17,19,29H,13,15-16H2,1-10H3,(H,31,32)/t17?,19-/m0/s1. The summed E-state index contributed by atoms with van der Waals surface area (Å²) in [5.74, 6) is -2.38. The maximum absolute atomic E-state index is 12.6. The molecule has 9 heteroatoms. The van der Waals surface area contributed by atoms with E-state index in [2.05, 4.69) is 5.32 Å². The topological polar surface area (TPSA) is 128 Å².